The van der Waals surface area contributed by atoms with Gasteiger partial charge in [0.25, 0.3) is 0 Å². The van der Waals surface area contributed by atoms with Crippen LogP contribution in [-0.4, -0.2) is 13.2 Å². The normalized spacial score (nSPS) is 34.4. The van der Waals surface area contributed by atoms with Gasteiger partial charge in [-0.3, -0.25) is 0 Å². The molecule has 1 heteroatoms. The molecular weight excluding hydrogens is 124 g/mol. The third-order valence-corrected chi connectivity index (χ3v) is 2.33. The Hall–Kier alpha value is -0.300. The Kier molecular flexibility index (Phi) is 2.50. The number of methoxy groups -OCH3 is 1. The molecule has 0 aromatic rings. The van der Waals surface area contributed by atoms with Crippen LogP contribution in [0.1, 0.15) is 26.2 Å². The summed E-state index contributed by atoms with van der Waals surface area (Å²) in [6.45, 7) is 6.23. The molecule has 2 unspecified atom stereocenters. The quantitative estimate of drug-likeness (QED) is 0.508. The molecule has 0 aromatic heterocycles. The van der Waals surface area contributed by atoms with E-state index in [0.29, 0.717) is 12.0 Å². The Labute approximate surface area is 63.1 Å². The van der Waals surface area contributed by atoms with Gasteiger partial charge >= 0.3 is 0 Å². The van der Waals surface area contributed by atoms with Crippen molar-refractivity contribution >= 4 is 0 Å². The fourth-order valence-electron chi connectivity index (χ4n) is 1.75. The Morgan fingerprint density at radius 3 is 2.70 bits per heavy atom. The van der Waals surface area contributed by atoms with Gasteiger partial charge in [0.1, 0.15) is 0 Å². The molecule has 0 bridgehead atoms. The second-order valence-corrected chi connectivity index (χ2v) is 3.18. The molecule has 0 heterocycles. The molecule has 0 aromatic carbocycles. The highest BCUT2D eigenvalue weighted by Crippen LogP contribution is 2.28. The van der Waals surface area contributed by atoms with Crippen LogP contribution in [0.5, 0.6) is 0 Å². The van der Waals surface area contributed by atoms with Gasteiger partial charge < -0.3 is 4.74 Å². The van der Waals surface area contributed by atoms with E-state index in [9.17, 15) is 0 Å². The number of ether oxygens (including phenoxy) is 1. The van der Waals surface area contributed by atoms with Crippen molar-refractivity contribution in [3.63, 3.8) is 0 Å². The van der Waals surface area contributed by atoms with Crippen molar-refractivity contribution < 1.29 is 4.74 Å². The highest BCUT2D eigenvalue weighted by molar-refractivity contribution is 5.07. The van der Waals surface area contributed by atoms with Crippen molar-refractivity contribution in [3.05, 3.63) is 12.2 Å². The lowest BCUT2D eigenvalue weighted by Crippen LogP contribution is -2.26. The van der Waals surface area contributed by atoms with Crippen LogP contribution < -0.4 is 0 Å². The molecule has 1 aliphatic carbocycles. The minimum atomic E-state index is 0.328. The summed E-state index contributed by atoms with van der Waals surface area (Å²) in [4.78, 5) is 0. The summed E-state index contributed by atoms with van der Waals surface area (Å²) < 4.78 is 5.32. The van der Waals surface area contributed by atoms with Gasteiger partial charge in [-0.15, -0.1) is 0 Å². The first-order chi connectivity index (χ1) is 4.75. The summed E-state index contributed by atoms with van der Waals surface area (Å²) in [5.41, 5.74) is 1.28. The average molecular weight is 140 g/mol. The summed E-state index contributed by atoms with van der Waals surface area (Å²) in [6.07, 6.45) is 4.06. The van der Waals surface area contributed by atoms with E-state index in [-0.39, 0.29) is 0 Å². The molecule has 10 heavy (non-hydrogen) atoms. The first kappa shape index (κ1) is 7.80. The van der Waals surface area contributed by atoms with Gasteiger partial charge in [-0.2, -0.15) is 0 Å². The molecule has 58 valence electrons. The van der Waals surface area contributed by atoms with Crippen molar-refractivity contribution in [2.75, 3.05) is 7.11 Å². The van der Waals surface area contributed by atoms with E-state index in [1.54, 1.807) is 7.11 Å². The van der Waals surface area contributed by atoms with Crippen LogP contribution in [0.4, 0.5) is 0 Å². The van der Waals surface area contributed by atoms with Gasteiger partial charge in [-0.1, -0.05) is 13.5 Å². The molecule has 1 nitrogen and oxygen atoms in total. The third kappa shape index (κ3) is 1.40. The maximum Gasteiger partial charge on any atom is 0.0804 e. The molecule has 0 radical (unpaired) electrons. The van der Waals surface area contributed by atoms with Gasteiger partial charge in [0.2, 0.25) is 0 Å². The highest BCUT2D eigenvalue weighted by atomic mass is 16.5. The minimum absolute atomic E-state index is 0.328. The van der Waals surface area contributed by atoms with Crippen molar-refractivity contribution in [1.29, 1.82) is 0 Å². The molecule has 0 spiro atoms. The van der Waals surface area contributed by atoms with Gasteiger partial charge in [0.15, 0.2) is 0 Å². The highest BCUT2D eigenvalue weighted by Gasteiger charge is 2.23. The lowest BCUT2D eigenvalue weighted by molar-refractivity contribution is 0.0693. The molecule has 0 N–H and O–H groups in total. The molecule has 1 saturated carbocycles. The number of hydrogen-bond donors (Lipinski definition) is 0. The van der Waals surface area contributed by atoms with E-state index in [0.717, 1.165) is 6.42 Å². The number of hydrogen-bond acceptors (Lipinski definition) is 1. The first-order valence-electron chi connectivity index (χ1n) is 3.96. The summed E-state index contributed by atoms with van der Waals surface area (Å²) in [6, 6.07) is 0. The molecule has 2 atom stereocenters. The topological polar surface area (TPSA) is 9.23 Å². The smallest absolute Gasteiger partial charge is 0.0804 e. The molecule has 1 aliphatic rings. The fourth-order valence-corrected chi connectivity index (χ4v) is 1.75. The second-order valence-electron chi connectivity index (χ2n) is 3.18. The summed E-state index contributed by atoms with van der Waals surface area (Å²) in [5, 5.41) is 0. The van der Waals surface area contributed by atoms with Crippen LogP contribution in [0.15, 0.2) is 12.2 Å². The minimum Gasteiger partial charge on any atom is -0.377 e. The predicted octanol–water partition coefficient (Wildman–Crippen LogP) is 2.38. The molecule has 0 aliphatic heterocycles. The molecule has 0 amide bonds. The molecular formula is C9H16O. The van der Waals surface area contributed by atoms with E-state index in [2.05, 4.69) is 13.5 Å². The van der Waals surface area contributed by atoms with E-state index in [4.69, 9.17) is 4.74 Å². The van der Waals surface area contributed by atoms with E-state index in [1.807, 2.05) is 0 Å². The van der Waals surface area contributed by atoms with Crippen molar-refractivity contribution in [2.45, 2.75) is 32.3 Å². The van der Waals surface area contributed by atoms with Crippen LogP contribution in [0.25, 0.3) is 0 Å². The van der Waals surface area contributed by atoms with E-state index < -0.39 is 0 Å². The van der Waals surface area contributed by atoms with Crippen molar-refractivity contribution in [1.82, 2.24) is 0 Å². The van der Waals surface area contributed by atoms with Gasteiger partial charge in [-0.25, -0.2) is 0 Å². The fraction of sp³-hybridized carbons (Fsp3) is 0.778. The van der Waals surface area contributed by atoms with Crippen molar-refractivity contribution in [3.8, 4) is 0 Å². The van der Waals surface area contributed by atoms with Crippen LogP contribution in [0.2, 0.25) is 0 Å². The Morgan fingerprint density at radius 2 is 2.30 bits per heavy atom. The SMILES string of the molecule is C=C1CCCC(C)C1OC. The van der Waals surface area contributed by atoms with Crippen molar-refractivity contribution in [2.24, 2.45) is 5.92 Å². The Balaban J connectivity index is 2.53. The zero-order chi connectivity index (χ0) is 7.56. The predicted molar refractivity (Wildman–Crippen MR) is 43.0 cm³/mol. The summed E-state index contributed by atoms with van der Waals surface area (Å²) in [5.74, 6) is 0.672. The van der Waals surface area contributed by atoms with Gasteiger partial charge in [0.05, 0.1) is 6.10 Å². The van der Waals surface area contributed by atoms with Gasteiger partial charge in [0, 0.05) is 7.11 Å². The largest absolute Gasteiger partial charge is 0.377 e. The summed E-state index contributed by atoms with van der Waals surface area (Å²) >= 11 is 0. The second kappa shape index (κ2) is 3.20. The van der Waals surface area contributed by atoms with E-state index in [1.165, 1.54) is 18.4 Å². The van der Waals surface area contributed by atoms with E-state index >= 15 is 0 Å². The zero-order valence-electron chi connectivity index (χ0n) is 6.89. The lowest BCUT2D eigenvalue weighted by Gasteiger charge is -2.29. The molecule has 0 saturated heterocycles. The van der Waals surface area contributed by atoms with Gasteiger partial charge in [-0.05, 0) is 30.8 Å². The third-order valence-electron chi connectivity index (χ3n) is 2.33. The Morgan fingerprint density at radius 1 is 1.60 bits per heavy atom. The molecule has 1 fully saturated rings. The standard InChI is InChI=1S/C9H16O/c1-7-5-4-6-8(2)9(7)10-3/h8-9H,1,4-6H2,2-3H3. The maximum absolute atomic E-state index is 5.32. The summed E-state index contributed by atoms with van der Waals surface area (Å²) in [7, 11) is 1.78. The maximum atomic E-state index is 5.32. The average Bonchev–Trinajstić information content (AvgIpc) is 1.88. The van der Waals surface area contributed by atoms with Crippen LogP contribution in [0.3, 0.4) is 0 Å². The van der Waals surface area contributed by atoms with Crippen LogP contribution >= 0.6 is 0 Å². The van der Waals surface area contributed by atoms with Crippen LogP contribution in [-0.2, 0) is 4.74 Å². The Bertz CT molecular complexity index is 129. The zero-order valence-corrected chi connectivity index (χ0v) is 6.89. The van der Waals surface area contributed by atoms with Crippen LogP contribution in [0, 0.1) is 5.92 Å². The molecule has 1 rings (SSSR count). The lowest BCUT2D eigenvalue weighted by atomic mass is 9.85. The monoisotopic (exact) mass is 140 g/mol. The number of rotatable bonds is 1. The first-order valence-corrected chi connectivity index (χ1v) is 3.96.